The van der Waals surface area contributed by atoms with E-state index in [1.165, 1.54) is 6.07 Å². The first kappa shape index (κ1) is 11.5. The third-order valence-corrected chi connectivity index (χ3v) is 2.72. The predicted molar refractivity (Wildman–Crippen MR) is 63.2 cm³/mol. The summed E-state index contributed by atoms with van der Waals surface area (Å²) in [7, 11) is 0. The van der Waals surface area contributed by atoms with Crippen LogP contribution in [0.3, 0.4) is 0 Å². The second kappa shape index (κ2) is 4.51. The van der Waals surface area contributed by atoms with Gasteiger partial charge in [0.1, 0.15) is 11.9 Å². The molecule has 88 valence electrons. The van der Waals surface area contributed by atoms with Crippen LogP contribution >= 0.6 is 0 Å². The molecule has 0 aliphatic heterocycles. The van der Waals surface area contributed by atoms with E-state index in [4.69, 9.17) is 10.8 Å². The lowest BCUT2D eigenvalue weighted by Gasteiger charge is -2.10. The van der Waals surface area contributed by atoms with Crippen LogP contribution < -0.4 is 5.73 Å². The van der Waals surface area contributed by atoms with Crippen molar-refractivity contribution in [2.24, 2.45) is 5.73 Å². The molecule has 0 radical (unpaired) electrons. The largest absolute Gasteiger partial charge is 0.480 e. The molecular weight excluding hydrogens is 221 g/mol. The van der Waals surface area contributed by atoms with E-state index in [2.05, 4.69) is 0 Å². The van der Waals surface area contributed by atoms with E-state index in [0.29, 0.717) is 10.8 Å². The number of aliphatic carboxylic acids is 1. The SMILES string of the molecule is N[C@H](Cc1ccc(F)c2ccccc12)C(=O)O. The predicted octanol–water partition coefficient (Wildman–Crippen LogP) is 1.93. The Morgan fingerprint density at radius 3 is 2.53 bits per heavy atom. The second-order valence-electron chi connectivity index (χ2n) is 3.90. The number of halogens is 1. The summed E-state index contributed by atoms with van der Waals surface area (Å²) in [4.78, 5) is 10.7. The van der Waals surface area contributed by atoms with Gasteiger partial charge in [-0.1, -0.05) is 30.3 Å². The Morgan fingerprint density at radius 2 is 1.88 bits per heavy atom. The quantitative estimate of drug-likeness (QED) is 0.851. The molecule has 17 heavy (non-hydrogen) atoms. The highest BCUT2D eigenvalue weighted by Crippen LogP contribution is 2.22. The minimum Gasteiger partial charge on any atom is -0.480 e. The van der Waals surface area contributed by atoms with Gasteiger partial charge in [-0.15, -0.1) is 0 Å². The van der Waals surface area contributed by atoms with Crippen LogP contribution in [0.2, 0.25) is 0 Å². The van der Waals surface area contributed by atoms with E-state index in [1.54, 1.807) is 30.3 Å². The zero-order valence-corrected chi connectivity index (χ0v) is 9.06. The lowest BCUT2D eigenvalue weighted by atomic mass is 9.99. The molecule has 0 aromatic heterocycles. The molecule has 0 bridgehead atoms. The molecule has 0 saturated heterocycles. The smallest absolute Gasteiger partial charge is 0.320 e. The van der Waals surface area contributed by atoms with E-state index in [-0.39, 0.29) is 12.2 Å². The van der Waals surface area contributed by atoms with Crippen molar-refractivity contribution in [3.63, 3.8) is 0 Å². The maximum Gasteiger partial charge on any atom is 0.320 e. The van der Waals surface area contributed by atoms with E-state index in [0.717, 1.165) is 5.56 Å². The minimum absolute atomic E-state index is 0.191. The van der Waals surface area contributed by atoms with Crippen LogP contribution in [0.15, 0.2) is 36.4 Å². The average molecular weight is 233 g/mol. The molecule has 1 atom stereocenters. The van der Waals surface area contributed by atoms with E-state index < -0.39 is 12.0 Å². The highest BCUT2D eigenvalue weighted by atomic mass is 19.1. The molecule has 2 rings (SSSR count). The summed E-state index contributed by atoms with van der Waals surface area (Å²) < 4.78 is 13.5. The van der Waals surface area contributed by atoms with Gasteiger partial charge in [0.05, 0.1) is 0 Å². The summed E-state index contributed by atoms with van der Waals surface area (Å²) >= 11 is 0. The molecule has 2 aromatic rings. The Kier molecular flexibility index (Phi) is 3.06. The molecule has 0 heterocycles. The number of carboxylic acid groups (broad SMARTS) is 1. The second-order valence-corrected chi connectivity index (χ2v) is 3.90. The van der Waals surface area contributed by atoms with Gasteiger partial charge < -0.3 is 10.8 Å². The summed E-state index contributed by atoms with van der Waals surface area (Å²) in [5.74, 6) is -1.37. The van der Waals surface area contributed by atoms with Crippen LogP contribution in [0, 0.1) is 5.82 Å². The Bertz CT molecular complexity index is 568. The van der Waals surface area contributed by atoms with Crippen LogP contribution in [0.4, 0.5) is 4.39 Å². The molecule has 2 aromatic carbocycles. The van der Waals surface area contributed by atoms with Gasteiger partial charge in [0.2, 0.25) is 0 Å². The number of benzene rings is 2. The van der Waals surface area contributed by atoms with Gasteiger partial charge in [0, 0.05) is 5.39 Å². The number of rotatable bonds is 3. The topological polar surface area (TPSA) is 63.3 Å². The Hall–Kier alpha value is -1.94. The van der Waals surface area contributed by atoms with E-state index in [9.17, 15) is 9.18 Å². The molecule has 0 saturated carbocycles. The van der Waals surface area contributed by atoms with Crippen molar-refractivity contribution in [3.05, 3.63) is 47.8 Å². The Morgan fingerprint density at radius 1 is 1.24 bits per heavy atom. The standard InChI is InChI=1S/C13H12FNO2/c14-11-6-5-8(7-12(15)13(16)17)9-3-1-2-4-10(9)11/h1-6,12H,7,15H2,(H,16,17)/t12-/m1/s1. The van der Waals surface area contributed by atoms with Crippen LogP contribution in [0.25, 0.3) is 10.8 Å². The summed E-state index contributed by atoms with van der Waals surface area (Å²) in [5.41, 5.74) is 6.23. The van der Waals surface area contributed by atoms with Crippen molar-refractivity contribution in [3.8, 4) is 0 Å². The number of hydrogen-bond donors (Lipinski definition) is 2. The van der Waals surface area contributed by atoms with Crippen molar-refractivity contribution < 1.29 is 14.3 Å². The minimum atomic E-state index is -1.06. The van der Waals surface area contributed by atoms with Gasteiger partial charge in [-0.05, 0) is 23.4 Å². The van der Waals surface area contributed by atoms with E-state index in [1.807, 2.05) is 0 Å². The summed E-state index contributed by atoms with van der Waals surface area (Å²) in [6.07, 6.45) is 0.191. The molecule has 4 heteroatoms. The number of carboxylic acids is 1. The van der Waals surface area contributed by atoms with Gasteiger partial charge in [-0.2, -0.15) is 0 Å². The van der Waals surface area contributed by atoms with Crippen LogP contribution in [0.5, 0.6) is 0 Å². The lowest BCUT2D eigenvalue weighted by molar-refractivity contribution is -0.138. The normalized spacial score (nSPS) is 12.6. The summed E-state index contributed by atoms with van der Waals surface area (Å²) in [6.45, 7) is 0. The fraction of sp³-hybridized carbons (Fsp3) is 0.154. The van der Waals surface area contributed by atoms with Crippen molar-refractivity contribution in [1.29, 1.82) is 0 Å². The Balaban J connectivity index is 2.48. The molecule has 0 spiro atoms. The molecule has 0 unspecified atom stereocenters. The van der Waals surface area contributed by atoms with Crippen molar-refractivity contribution in [1.82, 2.24) is 0 Å². The van der Waals surface area contributed by atoms with Gasteiger partial charge in [-0.3, -0.25) is 4.79 Å². The zero-order valence-electron chi connectivity index (χ0n) is 9.06. The zero-order chi connectivity index (χ0) is 12.4. The average Bonchev–Trinajstić information content (AvgIpc) is 2.33. The monoisotopic (exact) mass is 233 g/mol. The molecule has 0 aliphatic carbocycles. The number of fused-ring (bicyclic) bond motifs is 1. The third-order valence-electron chi connectivity index (χ3n) is 2.72. The third kappa shape index (κ3) is 2.26. The summed E-state index contributed by atoms with van der Waals surface area (Å²) in [5, 5.41) is 9.97. The van der Waals surface area contributed by atoms with Gasteiger partial charge >= 0.3 is 5.97 Å². The molecule has 0 aliphatic rings. The van der Waals surface area contributed by atoms with Crippen LogP contribution in [-0.2, 0) is 11.2 Å². The molecule has 0 amide bonds. The summed E-state index contributed by atoms with van der Waals surface area (Å²) in [6, 6.07) is 8.92. The first-order chi connectivity index (χ1) is 8.09. The highest BCUT2D eigenvalue weighted by Gasteiger charge is 2.14. The first-order valence-electron chi connectivity index (χ1n) is 5.24. The molecular formula is C13H12FNO2. The van der Waals surface area contributed by atoms with Gasteiger partial charge in [0.15, 0.2) is 0 Å². The fourth-order valence-electron chi connectivity index (χ4n) is 1.83. The van der Waals surface area contributed by atoms with Crippen molar-refractivity contribution in [2.45, 2.75) is 12.5 Å². The van der Waals surface area contributed by atoms with Crippen LogP contribution in [0.1, 0.15) is 5.56 Å². The first-order valence-corrected chi connectivity index (χ1v) is 5.24. The van der Waals surface area contributed by atoms with Crippen molar-refractivity contribution in [2.75, 3.05) is 0 Å². The molecule has 3 nitrogen and oxygen atoms in total. The van der Waals surface area contributed by atoms with Crippen molar-refractivity contribution >= 4 is 16.7 Å². The highest BCUT2D eigenvalue weighted by molar-refractivity contribution is 5.87. The van der Waals surface area contributed by atoms with E-state index >= 15 is 0 Å². The lowest BCUT2D eigenvalue weighted by Crippen LogP contribution is -2.32. The maximum atomic E-state index is 13.5. The number of nitrogens with two attached hydrogens (primary N) is 1. The van der Waals surface area contributed by atoms with Gasteiger partial charge in [0.25, 0.3) is 0 Å². The van der Waals surface area contributed by atoms with Gasteiger partial charge in [-0.25, -0.2) is 4.39 Å². The Labute approximate surface area is 97.7 Å². The molecule has 0 fully saturated rings. The number of carbonyl (C=O) groups is 1. The fourth-order valence-corrected chi connectivity index (χ4v) is 1.83. The maximum absolute atomic E-state index is 13.5. The number of hydrogen-bond acceptors (Lipinski definition) is 2. The van der Waals surface area contributed by atoms with Crippen LogP contribution in [-0.4, -0.2) is 17.1 Å². The molecule has 3 N–H and O–H groups in total.